The average molecular weight is 300 g/mol. The summed E-state index contributed by atoms with van der Waals surface area (Å²) in [6, 6.07) is 8.54. The molecule has 1 fully saturated rings. The first kappa shape index (κ1) is 15.3. The molecule has 4 nitrogen and oxygen atoms in total. The van der Waals surface area contributed by atoms with Gasteiger partial charge in [0.05, 0.1) is 25.3 Å². The van der Waals surface area contributed by atoms with Crippen molar-refractivity contribution in [1.29, 1.82) is 0 Å². The summed E-state index contributed by atoms with van der Waals surface area (Å²) in [5.74, 6) is 0.602. The van der Waals surface area contributed by atoms with Crippen LogP contribution in [-0.4, -0.2) is 45.0 Å². The maximum Gasteiger partial charge on any atom is 0.0751 e. The molecule has 1 saturated heterocycles. The third kappa shape index (κ3) is 3.23. The zero-order valence-corrected chi connectivity index (χ0v) is 13.4. The van der Waals surface area contributed by atoms with Crippen LogP contribution in [0.5, 0.6) is 0 Å². The smallest absolute Gasteiger partial charge is 0.0751 e. The van der Waals surface area contributed by atoms with Crippen molar-refractivity contribution in [2.24, 2.45) is 5.92 Å². The van der Waals surface area contributed by atoms with Gasteiger partial charge >= 0.3 is 0 Å². The molecule has 0 saturated carbocycles. The van der Waals surface area contributed by atoms with Crippen LogP contribution in [0.15, 0.2) is 30.5 Å². The highest BCUT2D eigenvalue weighted by Crippen LogP contribution is 2.31. The minimum Gasteiger partial charge on any atom is -0.382 e. The molecule has 1 unspecified atom stereocenters. The SMILES string of the molecule is COCCOCC1CCN(c2ccnc3c(C)cccc23)C1. The molecule has 1 aliphatic heterocycles. The molecule has 118 valence electrons. The molecule has 0 spiro atoms. The zero-order chi connectivity index (χ0) is 15.4. The number of pyridine rings is 1. The van der Waals surface area contributed by atoms with Crippen LogP contribution in [0.1, 0.15) is 12.0 Å². The lowest BCUT2D eigenvalue weighted by molar-refractivity contribution is 0.0549. The molecule has 1 atom stereocenters. The van der Waals surface area contributed by atoms with Gasteiger partial charge in [-0.1, -0.05) is 18.2 Å². The van der Waals surface area contributed by atoms with Gasteiger partial charge in [-0.2, -0.15) is 0 Å². The highest BCUT2D eigenvalue weighted by atomic mass is 16.5. The molecule has 0 aliphatic carbocycles. The van der Waals surface area contributed by atoms with Crippen molar-refractivity contribution < 1.29 is 9.47 Å². The molecular formula is C18H24N2O2. The second-order valence-corrected chi connectivity index (χ2v) is 5.97. The Morgan fingerprint density at radius 1 is 1.27 bits per heavy atom. The van der Waals surface area contributed by atoms with Crippen molar-refractivity contribution >= 4 is 16.6 Å². The number of ether oxygens (including phenoxy) is 2. The molecule has 1 aromatic heterocycles. The first-order valence-corrected chi connectivity index (χ1v) is 7.95. The Hall–Kier alpha value is -1.65. The van der Waals surface area contributed by atoms with Gasteiger partial charge < -0.3 is 14.4 Å². The molecule has 0 radical (unpaired) electrons. The zero-order valence-electron chi connectivity index (χ0n) is 13.4. The number of aryl methyl sites for hydroxylation is 1. The lowest BCUT2D eigenvalue weighted by Gasteiger charge is -2.21. The largest absolute Gasteiger partial charge is 0.382 e. The van der Waals surface area contributed by atoms with E-state index in [4.69, 9.17) is 9.47 Å². The summed E-state index contributed by atoms with van der Waals surface area (Å²) in [5, 5.41) is 1.25. The van der Waals surface area contributed by atoms with Crippen molar-refractivity contribution in [3.63, 3.8) is 0 Å². The summed E-state index contributed by atoms with van der Waals surface area (Å²) in [7, 11) is 1.71. The van der Waals surface area contributed by atoms with Crippen LogP contribution in [0.3, 0.4) is 0 Å². The Balaban J connectivity index is 1.69. The third-order valence-corrected chi connectivity index (χ3v) is 4.36. The minimum absolute atomic E-state index is 0.602. The Morgan fingerprint density at radius 3 is 3.05 bits per heavy atom. The predicted octanol–water partition coefficient (Wildman–Crippen LogP) is 3.03. The second-order valence-electron chi connectivity index (χ2n) is 5.97. The Morgan fingerprint density at radius 2 is 2.18 bits per heavy atom. The highest BCUT2D eigenvalue weighted by molar-refractivity contribution is 5.93. The van der Waals surface area contributed by atoms with E-state index in [-0.39, 0.29) is 0 Å². The Kier molecular flexibility index (Phi) is 4.90. The van der Waals surface area contributed by atoms with Gasteiger partial charge in [0.1, 0.15) is 0 Å². The van der Waals surface area contributed by atoms with Gasteiger partial charge in [0, 0.05) is 43.4 Å². The fourth-order valence-corrected chi connectivity index (χ4v) is 3.16. The number of benzene rings is 1. The van der Waals surface area contributed by atoms with Gasteiger partial charge in [-0.15, -0.1) is 0 Å². The number of anilines is 1. The van der Waals surface area contributed by atoms with Crippen molar-refractivity contribution in [3.05, 3.63) is 36.0 Å². The van der Waals surface area contributed by atoms with Crippen LogP contribution in [0.2, 0.25) is 0 Å². The van der Waals surface area contributed by atoms with Crippen LogP contribution < -0.4 is 4.90 Å². The van der Waals surface area contributed by atoms with E-state index in [1.54, 1.807) is 7.11 Å². The van der Waals surface area contributed by atoms with Crippen LogP contribution in [0, 0.1) is 12.8 Å². The molecule has 0 bridgehead atoms. The first-order chi connectivity index (χ1) is 10.8. The summed E-state index contributed by atoms with van der Waals surface area (Å²) in [6.07, 6.45) is 3.11. The summed E-state index contributed by atoms with van der Waals surface area (Å²) in [4.78, 5) is 7.00. The van der Waals surface area contributed by atoms with Crippen LogP contribution >= 0.6 is 0 Å². The van der Waals surface area contributed by atoms with E-state index in [0.29, 0.717) is 19.1 Å². The number of para-hydroxylation sites is 1. The molecule has 2 heterocycles. The van der Waals surface area contributed by atoms with Crippen molar-refractivity contribution in [3.8, 4) is 0 Å². The van der Waals surface area contributed by atoms with E-state index < -0.39 is 0 Å². The monoisotopic (exact) mass is 300 g/mol. The maximum atomic E-state index is 5.68. The molecule has 22 heavy (non-hydrogen) atoms. The minimum atomic E-state index is 0.602. The predicted molar refractivity (Wildman–Crippen MR) is 89.5 cm³/mol. The number of hydrogen-bond donors (Lipinski definition) is 0. The van der Waals surface area contributed by atoms with Crippen molar-refractivity contribution in [1.82, 2.24) is 4.98 Å². The molecule has 1 aliphatic rings. The van der Waals surface area contributed by atoms with Gasteiger partial charge in [-0.05, 0) is 25.0 Å². The van der Waals surface area contributed by atoms with Crippen molar-refractivity contribution in [2.45, 2.75) is 13.3 Å². The number of fused-ring (bicyclic) bond motifs is 1. The fraction of sp³-hybridized carbons (Fsp3) is 0.500. The molecule has 1 aromatic carbocycles. The number of hydrogen-bond acceptors (Lipinski definition) is 4. The molecule has 3 rings (SSSR count). The van der Waals surface area contributed by atoms with Gasteiger partial charge in [0.15, 0.2) is 0 Å². The van der Waals surface area contributed by atoms with E-state index in [1.807, 2.05) is 6.20 Å². The maximum absolute atomic E-state index is 5.68. The fourth-order valence-electron chi connectivity index (χ4n) is 3.16. The molecule has 4 heteroatoms. The van der Waals surface area contributed by atoms with Gasteiger partial charge in [-0.3, -0.25) is 4.98 Å². The van der Waals surface area contributed by atoms with Gasteiger partial charge in [-0.25, -0.2) is 0 Å². The number of rotatable bonds is 6. The van der Waals surface area contributed by atoms with E-state index in [1.165, 1.54) is 23.1 Å². The normalized spacial score (nSPS) is 18.3. The summed E-state index contributed by atoms with van der Waals surface area (Å²) < 4.78 is 10.7. The van der Waals surface area contributed by atoms with E-state index in [0.717, 1.165) is 25.2 Å². The second kappa shape index (κ2) is 7.07. The highest BCUT2D eigenvalue weighted by Gasteiger charge is 2.24. The number of nitrogens with zero attached hydrogens (tertiary/aromatic N) is 2. The number of aromatic nitrogens is 1. The lowest BCUT2D eigenvalue weighted by atomic mass is 10.1. The average Bonchev–Trinajstić information content (AvgIpc) is 3.00. The molecule has 0 amide bonds. The molecular weight excluding hydrogens is 276 g/mol. The third-order valence-electron chi connectivity index (χ3n) is 4.36. The quantitative estimate of drug-likeness (QED) is 0.768. The van der Waals surface area contributed by atoms with Crippen LogP contribution in [-0.2, 0) is 9.47 Å². The van der Waals surface area contributed by atoms with E-state index >= 15 is 0 Å². The molecule has 0 N–H and O–H groups in total. The summed E-state index contributed by atoms with van der Waals surface area (Å²) >= 11 is 0. The van der Waals surface area contributed by atoms with Crippen LogP contribution in [0.25, 0.3) is 10.9 Å². The lowest BCUT2D eigenvalue weighted by Crippen LogP contribution is -2.22. The Bertz CT molecular complexity index is 630. The topological polar surface area (TPSA) is 34.6 Å². The standard InChI is InChI=1S/C18H24N2O2/c1-14-4-3-5-16-17(6-8-19-18(14)16)20-9-7-15(12-20)13-22-11-10-21-2/h3-6,8,15H,7,9-13H2,1-2H3. The van der Waals surface area contributed by atoms with Gasteiger partial charge in [0.25, 0.3) is 0 Å². The number of methoxy groups -OCH3 is 1. The summed E-state index contributed by atoms with van der Waals surface area (Å²) in [6.45, 7) is 6.44. The van der Waals surface area contributed by atoms with Gasteiger partial charge in [0.2, 0.25) is 0 Å². The van der Waals surface area contributed by atoms with Crippen LogP contribution in [0.4, 0.5) is 5.69 Å². The Labute approximate surface area is 132 Å². The van der Waals surface area contributed by atoms with Crippen molar-refractivity contribution in [2.75, 3.05) is 44.9 Å². The first-order valence-electron chi connectivity index (χ1n) is 7.95. The molecule has 2 aromatic rings. The van der Waals surface area contributed by atoms with E-state index in [9.17, 15) is 0 Å². The summed E-state index contributed by atoms with van der Waals surface area (Å²) in [5.41, 5.74) is 3.64. The van der Waals surface area contributed by atoms with E-state index in [2.05, 4.69) is 41.1 Å².